The van der Waals surface area contributed by atoms with Crippen molar-refractivity contribution >= 4 is 34.8 Å². The summed E-state index contributed by atoms with van der Waals surface area (Å²) in [5.74, 6) is -1.41. The standard InChI is InChI=1S/C21H15N5O3S/c1-29-21(28)17-16(13-4-8-25-9-5-13)14(11-22)18(23)26-19(27)15(30-20(17)26)10-12-2-6-24-7-3-12/h2-10,16H,23H2,1H3/b15-10-/t16-/m1/s1. The summed E-state index contributed by atoms with van der Waals surface area (Å²) < 4.78 is 6.92. The number of rotatable bonds is 3. The van der Waals surface area contributed by atoms with Gasteiger partial charge in [0.15, 0.2) is 0 Å². The van der Waals surface area contributed by atoms with Crippen LogP contribution in [-0.4, -0.2) is 27.6 Å². The fourth-order valence-corrected chi connectivity index (χ4v) is 4.52. The van der Waals surface area contributed by atoms with Crippen LogP contribution in [0.4, 0.5) is 0 Å². The molecule has 0 aliphatic carbocycles. The fourth-order valence-electron chi connectivity index (χ4n) is 3.35. The van der Waals surface area contributed by atoms with Crippen LogP contribution in [0.25, 0.3) is 17.5 Å². The van der Waals surface area contributed by atoms with E-state index in [-0.39, 0.29) is 17.0 Å². The van der Waals surface area contributed by atoms with Gasteiger partial charge in [-0.25, -0.2) is 4.79 Å². The topological polar surface area (TPSA) is 124 Å². The van der Waals surface area contributed by atoms with Gasteiger partial charge in [0.1, 0.15) is 10.5 Å². The summed E-state index contributed by atoms with van der Waals surface area (Å²) in [6.07, 6.45) is 8.05. The minimum Gasteiger partial charge on any atom is -0.466 e. The SMILES string of the molecule is COC(=O)C1=c2s/c(=C\c3ccncc3)c(=O)n2C(N)=C(C#N)[C@H]1c1ccncc1. The van der Waals surface area contributed by atoms with Crippen LogP contribution in [0.1, 0.15) is 17.0 Å². The molecule has 9 heteroatoms. The summed E-state index contributed by atoms with van der Waals surface area (Å²) in [6, 6.07) is 8.98. The van der Waals surface area contributed by atoms with E-state index in [0.717, 1.165) is 16.9 Å². The van der Waals surface area contributed by atoms with Gasteiger partial charge in [-0.2, -0.15) is 5.26 Å². The molecule has 1 aliphatic rings. The smallest absolute Gasteiger partial charge is 0.337 e. The van der Waals surface area contributed by atoms with Crippen LogP contribution < -0.4 is 20.5 Å². The lowest BCUT2D eigenvalue weighted by Gasteiger charge is -2.24. The third kappa shape index (κ3) is 3.09. The van der Waals surface area contributed by atoms with Crippen molar-refractivity contribution in [2.45, 2.75) is 5.92 Å². The number of nitrogens with two attached hydrogens (primary N) is 1. The average molecular weight is 417 g/mol. The number of esters is 1. The van der Waals surface area contributed by atoms with Crippen LogP contribution in [-0.2, 0) is 9.53 Å². The van der Waals surface area contributed by atoms with E-state index < -0.39 is 17.4 Å². The van der Waals surface area contributed by atoms with E-state index in [1.54, 1.807) is 55.1 Å². The van der Waals surface area contributed by atoms with Gasteiger partial charge in [-0.05, 0) is 41.5 Å². The number of pyridine rings is 2. The summed E-state index contributed by atoms with van der Waals surface area (Å²) in [5.41, 5.74) is 7.56. The van der Waals surface area contributed by atoms with E-state index in [4.69, 9.17) is 10.5 Å². The maximum atomic E-state index is 13.1. The number of aromatic nitrogens is 3. The number of nitriles is 1. The number of thiazole rings is 1. The van der Waals surface area contributed by atoms with Gasteiger partial charge in [0.25, 0.3) is 5.56 Å². The number of ether oxygens (including phenoxy) is 1. The molecule has 0 radical (unpaired) electrons. The fraction of sp³-hybridized carbons (Fsp3) is 0.0952. The normalized spacial score (nSPS) is 16.2. The highest BCUT2D eigenvalue weighted by atomic mass is 32.1. The van der Waals surface area contributed by atoms with Crippen molar-refractivity contribution in [2.75, 3.05) is 7.11 Å². The first-order valence-electron chi connectivity index (χ1n) is 8.83. The van der Waals surface area contributed by atoms with Crippen molar-refractivity contribution < 1.29 is 9.53 Å². The van der Waals surface area contributed by atoms with Gasteiger partial charge in [0.2, 0.25) is 0 Å². The molecule has 0 spiro atoms. The number of hydrogen-bond acceptors (Lipinski definition) is 8. The average Bonchev–Trinajstić information content (AvgIpc) is 3.10. The molecule has 4 rings (SSSR count). The molecule has 0 bridgehead atoms. The molecule has 0 amide bonds. The Morgan fingerprint density at radius 2 is 1.87 bits per heavy atom. The molecule has 148 valence electrons. The lowest BCUT2D eigenvalue weighted by molar-refractivity contribution is -0.134. The Hall–Kier alpha value is -4.03. The third-order valence-corrected chi connectivity index (χ3v) is 5.83. The molecule has 0 aromatic carbocycles. The Kier molecular flexibility index (Phi) is 5.00. The second kappa shape index (κ2) is 7.77. The van der Waals surface area contributed by atoms with E-state index >= 15 is 0 Å². The van der Waals surface area contributed by atoms with Crippen molar-refractivity contribution in [2.24, 2.45) is 5.73 Å². The molecular weight excluding hydrogens is 402 g/mol. The number of fused-ring (bicyclic) bond motifs is 1. The van der Waals surface area contributed by atoms with Crippen molar-refractivity contribution in [1.82, 2.24) is 14.5 Å². The van der Waals surface area contributed by atoms with E-state index in [2.05, 4.69) is 16.0 Å². The Balaban J connectivity index is 2.12. The van der Waals surface area contributed by atoms with Gasteiger partial charge in [0, 0.05) is 24.8 Å². The van der Waals surface area contributed by atoms with Crippen molar-refractivity contribution in [1.29, 1.82) is 5.26 Å². The predicted octanol–water partition coefficient (Wildman–Crippen LogP) is 0.301. The van der Waals surface area contributed by atoms with Crippen molar-refractivity contribution in [3.05, 3.63) is 85.3 Å². The van der Waals surface area contributed by atoms with Gasteiger partial charge >= 0.3 is 5.97 Å². The number of methoxy groups -OCH3 is 1. The number of nitrogens with zero attached hydrogens (tertiary/aromatic N) is 4. The first-order valence-corrected chi connectivity index (χ1v) is 9.64. The maximum Gasteiger partial charge on any atom is 0.337 e. The van der Waals surface area contributed by atoms with Gasteiger partial charge in [-0.1, -0.05) is 0 Å². The Morgan fingerprint density at radius 1 is 1.23 bits per heavy atom. The van der Waals surface area contributed by atoms with Gasteiger partial charge < -0.3 is 10.5 Å². The second-order valence-corrected chi connectivity index (χ2v) is 7.40. The maximum absolute atomic E-state index is 13.1. The number of carbonyl (C=O) groups excluding carboxylic acids is 1. The molecule has 3 aromatic rings. The predicted molar refractivity (Wildman–Crippen MR) is 111 cm³/mol. The monoisotopic (exact) mass is 417 g/mol. The molecule has 4 heterocycles. The lowest BCUT2D eigenvalue weighted by atomic mass is 9.84. The van der Waals surface area contributed by atoms with E-state index in [0.29, 0.717) is 14.8 Å². The highest BCUT2D eigenvalue weighted by molar-refractivity contribution is 7.07. The first-order chi connectivity index (χ1) is 14.6. The van der Waals surface area contributed by atoms with Crippen LogP contribution in [0.15, 0.2) is 59.4 Å². The summed E-state index contributed by atoms with van der Waals surface area (Å²) >= 11 is 1.12. The zero-order chi connectivity index (χ0) is 21.3. The lowest BCUT2D eigenvalue weighted by Crippen LogP contribution is -2.40. The summed E-state index contributed by atoms with van der Waals surface area (Å²) in [7, 11) is 1.26. The number of carbonyl (C=O) groups is 1. The molecule has 8 nitrogen and oxygen atoms in total. The Morgan fingerprint density at radius 3 is 2.47 bits per heavy atom. The molecule has 2 N–H and O–H groups in total. The zero-order valence-corrected chi connectivity index (χ0v) is 16.6. The van der Waals surface area contributed by atoms with Crippen LogP contribution in [0, 0.1) is 11.3 Å². The summed E-state index contributed by atoms with van der Waals surface area (Å²) in [6.45, 7) is 0. The van der Waals surface area contributed by atoms with Crippen molar-refractivity contribution in [3.8, 4) is 6.07 Å². The molecule has 3 aromatic heterocycles. The Labute approximate surface area is 174 Å². The zero-order valence-electron chi connectivity index (χ0n) is 15.8. The third-order valence-electron chi connectivity index (χ3n) is 4.72. The Bertz CT molecular complexity index is 1380. The van der Waals surface area contributed by atoms with Gasteiger partial charge in [-0.3, -0.25) is 19.3 Å². The van der Waals surface area contributed by atoms with E-state index in [9.17, 15) is 14.9 Å². The summed E-state index contributed by atoms with van der Waals surface area (Å²) in [4.78, 5) is 33.9. The molecular formula is C21H15N5O3S. The summed E-state index contributed by atoms with van der Waals surface area (Å²) in [5, 5.41) is 9.83. The van der Waals surface area contributed by atoms with E-state index in [1.807, 2.05) is 0 Å². The number of allylic oxidation sites excluding steroid dienone is 1. The minimum atomic E-state index is -0.766. The van der Waals surface area contributed by atoms with Crippen LogP contribution >= 0.6 is 11.3 Å². The molecule has 0 saturated heterocycles. The molecule has 30 heavy (non-hydrogen) atoms. The van der Waals surface area contributed by atoms with E-state index in [1.165, 1.54) is 11.7 Å². The van der Waals surface area contributed by atoms with Gasteiger partial charge in [-0.15, -0.1) is 11.3 Å². The largest absolute Gasteiger partial charge is 0.466 e. The first kappa shape index (κ1) is 19.3. The minimum absolute atomic E-state index is 0.00223. The van der Waals surface area contributed by atoms with Crippen LogP contribution in [0.5, 0.6) is 0 Å². The highest BCUT2D eigenvalue weighted by Gasteiger charge is 2.36. The number of hydrogen-bond donors (Lipinski definition) is 1. The quantitative estimate of drug-likeness (QED) is 0.608. The molecule has 0 fully saturated rings. The molecule has 0 saturated carbocycles. The van der Waals surface area contributed by atoms with Gasteiger partial charge in [0.05, 0.1) is 34.8 Å². The van der Waals surface area contributed by atoms with Crippen LogP contribution in [0.3, 0.4) is 0 Å². The molecule has 1 aliphatic heterocycles. The second-order valence-electron chi connectivity index (χ2n) is 6.37. The van der Waals surface area contributed by atoms with Crippen molar-refractivity contribution in [3.63, 3.8) is 0 Å². The van der Waals surface area contributed by atoms with Crippen LogP contribution in [0.2, 0.25) is 0 Å². The highest BCUT2D eigenvalue weighted by Crippen LogP contribution is 2.36. The molecule has 1 atom stereocenters. The molecule has 0 unspecified atom stereocenters.